The van der Waals surface area contributed by atoms with Gasteiger partial charge < -0.3 is 9.15 Å². The van der Waals surface area contributed by atoms with E-state index >= 15 is 0 Å². The van der Waals surface area contributed by atoms with Gasteiger partial charge in [0.25, 0.3) is 5.69 Å². The first kappa shape index (κ1) is 21.9. The van der Waals surface area contributed by atoms with Gasteiger partial charge in [-0.15, -0.1) is 0 Å². The molecule has 4 aromatic rings. The quantitative estimate of drug-likeness (QED) is 0.159. The Morgan fingerprint density at radius 2 is 1.64 bits per heavy atom. The van der Waals surface area contributed by atoms with Crippen LogP contribution in [-0.2, 0) is 4.74 Å². The van der Waals surface area contributed by atoms with E-state index in [1.807, 2.05) is 0 Å². The maximum Gasteiger partial charge on any atom is 0.339 e. The summed E-state index contributed by atoms with van der Waals surface area (Å²) in [4.78, 5) is 48.4. The van der Waals surface area contributed by atoms with Crippen LogP contribution >= 0.6 is 11.6 Å². The van der Waals surface area contributed by atoms with Crippen molar-refractivity contribution >= 4 is 45.8 Å². The summed E-state index contributed by atoms with van der Waals surface area (Å²) in [5, 5.41) is 11.7. The average molecular weight is 464 g/mol. The van der Waals surface area contributed by atoms with Gasteiger partial charge in [0.1, 0.15) is 10.6 Å². The zero-order valence-corrected chi connectivity index (χ0v) is 17.6. The van der Waals surface area contributed by atoms with E-state index in [4.69, 9.17) is 20.8 Å². The van der Waals surface area contributed by atoms with E-state index in [1.165, 1.54) is 36.4 Å². The molecule has 0 atom stereocenters. The Labute approximate surface area is 191 Å². The number of ether oxygens (including phenoxy) is 1. The number of para-hydroxylation sites is 1. The Morgan fingerprint density at radius 1 is 0.939 bits per heavy atom. The molecule has 0 spiro atoms. The van der Waals surface area contributed by atoms with Crippen LogP contribution in [0.15, 0.2) is 77.2 Å². The van der Waals surface area contributed by atoms with Crippen LogP contribution in [0.1, 0.15) is 36.8 Å². The summed E-state index contributed by atoms with van der Waals surface area (Å²) in [5.41, 5.74) is -0.0447. The number of nitro groups is 1. The van der Waals surface area contributed by atoms with Gasteiger partial charge in [-0.2, -0.15) is 0 Å². The second-order valence-corrected chi connectivity index (χ2v) is 7.35. The maximum absolute atomic E-state index is 13.0. The Balaban J connectivity index is 1.53. The van der Waals surface area contributed by atoms with Gasteiger partial charge in [0.2, 0.25) is 5.78 Å². The van der Waals surface area contributed by atoms with E-state index in [-0.39, 0.29) is 27.5 Å². The topological polar surface area (TPSA) is 117 Å². The van der Waals surface area contributed by atoms with E-state index in [2.05, 4.69) is 0 Å². The first-order valence-corrected chi connectivity index (χ1v) is 9.99. The average Bonchev–Trinajstić information content (AvgIpc) is 3.26. The molecule has 3 aromatic carbocycles. The molecule has 0 radical (unpaired) electrons. The van der Waals surface area contributed by atoms with Crippen molar-refractivity contribution in [2.45, 2.75) is 0 Å². The molecular weight excluding hydrogens is 450 g/mol. The fraction of sp³-hybridized carbons (Fsp3) is 0.0417. The molecule has 4 rings (SSSR count). The number of hydrogen-bond donors (Lipinski definition) is 0. The lowest BCUT2D eigenvalue weighted by molar-refractivity contribution is -0.384. The standard InChI is InChI=1S/C24H14ClNO7/c25-18-10-9-15(11-19(18)26(30)31)23(28)16-6-2-3-7-17(16)24(29)32-13-20(27)22-12-14-5-1-4-8-21(14)33-22/h1-12H,13H2. The minimum Gasteiger partial charge on any atom is -0.454 e. The minimum absolute atomic E-state index is 0.0234. The number of rotatable bonds is 7. The van der Waals surface area contributed by atoms with Crippen LogP contribution in [0.25, 0.3) is 11.0 Å². The highest BCUT2D eigenvalue weighted by atomic mass is 35.5. The maximum atomic E-state index is 13.0. The molecular formula is C24H14ClNO7. The van der Waals surface area contributed by atoms with E-state index in [9.17, 15) is 24.5 Å². The summed E-state index contributed by atoms with van der Waals surface area (Å²) in [6.07, 6.45) is 0. The summed E-state index contributed by atoms with van der Waals surface area (Å²) in [6, 6.07) is 18.0. The van der Waals surface area contributed by atoms with Gasteiger partial charge in [-0.25, -0.2) is 4.79 Å². The summed E-state index contributed by atoms with van der Waals surface area (Å²) in [5.74, 6) is -2.03. The second-order valence-electron chi connectivity index (χ2n) is 6.95. The highest BCUT2D eigenvalue weighted by Gasteiger charge is 2.23. The lowest BCUT2D eigenvalue weighted by Gasteiger charge is -2.09. The second kappa shape index (κ2) is 9.05. The molecule has 164 valence electrons. The third-order valence-corrected chi connectivity index (χ3v) is 5.15. The number of esters is 1. The van der Waals surface area contributed by atoms with Gasteiger partial charge in [-0.3, -0.25) is 19.7 Å². The number of fused-ring (bicyclic) bond motifs is 1. The number of halogens is 1. The molecule has 0 amide bonds. The number of carbonyl (C=O) groups is 3. The van der Waals surface area contributed by atoms with Gasteiger partial charge in [-0.05, 0) is 30.3 Å². The Morgan fingerprint density at radius 3 is 2.36 bits per heavy atom. The largest absolute Gasteiger partial charge is 0.454 e. The van der Waals surface area contributed by atoms with Gasteiger partial charge >= 0.3 is 5.97 Å². The molecule has 0 N–H and O–H groups in total. The van der Waals surface area contributed by atoms with Gasteiger partial charge in [0.15, 0.2) is 18.2 Å². The highest BCUT2D eigenvalue weighted by molar-refractivity contribution is 6.33. The van der Waals surface area contributed by atoms with Crippen molar-refractivity contribution in [2.75, 3.05) is 6.61 Å². The van der Waals surface area contributed by atoms with Gasteiger partial charge in [0, 0.05) is 22.6 Å². The molecule has 0 aliphatic heterocycles. The molecule has 0 aliphatic carbocycles. The predicted octanol–water partition coefficient (Wildman–Crippen LogP) is 5.27. The minimum atomic E-state index is -0.896. The van der Waals surface area contributed by atoms with Crippen molar-refractivity contribution in [3.8, 4) is 0 Å². The molecule has 33 heavy (non-hydrogen) atoms. The number of hydrogen-bond acceptors (Lipinski definition) is 7. The number of nitrogens with zero attached hydrogens (tertiary/aromatic N) is 1. The number of ketones is 2. The molecule has 1 heterocycles. The lowest BCUT2D eigenvalue weighted by atomic mass is 9.98. The van der Waals surface area contributed by atoms with Crippen molar-refractivity contribution in [1.29, 1.82) is 0 Å². The molecule has 0 bridgehead atoms. The number of nitro benzene ring substituents is 1. The predicted molar refractivity (Wildman–Crippen MR) is 119 cm³/mol. The number of furan rings is 1. The monoisotopic (exact) mass is 463 g/mol. The number of carbonyl (C=O) groups excluding carboxylic acids is 3. The zero-order chi connectivity index (χ0) is 23.5. The fourth-order valence-electron chi connectivity index (χ4n) is 3.21. The molecule has 0 saturated carbocycles. The van der Waals surface area contributed by atoms with Crippen LogP contribution in [0.3, 0.4) is 0 Å². The van der Waals surface area contributed by atoms with E-state index in [0.29, 0.717) is 5.58 Å². The van der Waals surface area contributed by atoms with Crippen LogP contribution in [0.2, 0.25) is 5.02 Å². The van der Waals surface area contributed by atoms with Crippen molar-refractivity contribution in [3.05, 3.63) is 110 Å². The van der Waals surface area contributed by atoms with Crippen molar-refractivity contribution in [1.82, 2.24) is 0 Å². The fourth-order valence-corrected chi connectivity index (χ4v) is 3.39. The molecule has 0 unspecified atom stereocenters. The Bertz CT molecular complexity index is 1390. The van der Waals surface area contributed by atoms with E-state index in [0.717, 1.165) is 11.5 Å². The summed E-state index contributed by atoms with van der Waals surface area (Å²) in [7, 11) is 0. The Kier molecular flexibility index (Phi) is 6.01. The van der Waals surface area contributed by atoms with Gasteiger partial charge in [-0.1, -0.05) is 48.0 Å². The van der Waals surface area contributed by atoms with E-state index in [1.54, 1.807) is 30.3 Å². The van der Waals surface area contributed by atoms with Crippen LogP contribution in [0.5, 0.6) is 0 Å². The molecule has 8 nitrogen and oxygen atoms in total. The first-order chi connectivity index (χ1) is 15.8. The molecule has 9 heteroatoms. The molecule has 0 fully saturated rings. The summed E-state index contributed by atoms with van der Waals surface area (Å²) >= 11 is 5.80. The molecule has 1 aromatic heterocycles. The van der Waals surface area contributed by atoms with Crippen LogP contribution in [0, 0.1) is 10.1 Å². The van der Waals surface area contributed by atoms with E-state index < -0.39 is 34.8 Å². The van der Waals surface area contributed by atoms with Crippen LogP contribution in [-0.4, -0.2) is 29.1 Å². The summed E-state index contributed by atoms with van der Waals surface area (Å²) in [6.45, 7) is -0.590. The highest BCUT2D eigenvalue weighted by Crippen LogP contribution is 2.27. The van der Waals surface area contributed by atoms with Crippen molar-refractivity contribution in [2.24, 2.45) is 0 Å². The third-order valence-electron chi connectivity index (χ3n) is 4.83. The first-order valence-electron chi connectivity index (χ1n) is 9.61. The Hall–Kier alpha value is -4.30. The smallest absolute Gasteiger partial charge is 0.339 e. The lowest BCUT2D eigenvalue weighted by Crippen LogP contribution is -2.17. The van der Waals surface area contributed by atoms with Crippen LogP contribution in [0.4, 0.5) is 5.69 Å². The van der Waals surface area contributed by atoms with Crippen molar-refractivity contribution < 1.29 is 28.5 Å². The SMILES string of the molecule is O=C(COC(=O)c1ccccc1C(=O)c1ccc(Cl)c([N+](=O)[O-])c1)c1cc2ccccc2o1. The zero-order valence-electron chi connectivity index (χ0n) is 16.8. The normalized spacial score (nSPS) is 10.7. The van der Waals surface area contributed by atoms with Crippen LogP contribution < -0.4 is 0 Å². The van der Waals surface area contributed by atoms with Crippen molar-refractivity contribution in [3.63, 3.8) is 0 Å². The molecule has 0 saturated heterocycles. The third kappa shape index (κ3) is 4.51. The number of benzene rings is 3. The summed E-state index contributed by atoms with van der Waals surface area (Å²) < 4.78 is 10.6. The molecule has 0 aliphatic rings. The van der Waals surface area contributed by atoms with Gasteiger partial charge in [0.05, 0.1) is 10.5 Å². The number of Topliss-reactive ketones (excluding diaryl/α,β-unsaturated/α-hetero) is 1.